The minimum absolute atomic E-state index is 0.521. The minimum Gasteiger partial charge on any atom is -0.329 e. The second-order valence-corrected chi connectivity index (χ2v) is 5.77. The fourth-order valence-electron chi connectivity index (χ4n) is 3.32. The van der Waals surface area contributed by atoms with Gasteiger partial charge in [0, 0.05) is 12.6 Å². The Hall–Kier alpha value is -0.0800. The van der Waals surface area contributed by atoms with E-state index in [9.17, 15) is 0 Å². The van der Waals surface area contributed by atoms with Crippen molar-refractivity contribution in [3.05, 3.63) is 0 Å². The van der Waals surface area contributed by atoms with Gasteiger partial charge in [-0.3, -0.25) is 0 Å². The van der Waals surface area contributed by atoms with Gasteiger partial charge in [-0.15, -0.1) is 0 Å². The minimum atomic E-state index is 0.521. The lowest BCUT2D eigenvalue weighted by molar-refractivity contribution is 0.392. The average molecular weight is 210 g/mol. The summed E-state index contributed by atoms with van der Waals surface area (Å²) in [5.74, 6) is 3.78. The molecule has 2 saturated carbocycles. The van der Waals surface area contributed by atoms with Gasteiger partial charge in [0.25, 0.3) is 0 Å². The molecule has 0 saturated heterocycles. The summed E-state index contributed by atoms with van der Waals surface area (Å²) < 4.78 is 0. The highest BCUT2D eigenvalue weighted by molar-refractivity contribution is 5.00. The summed E-state index contributed by atoms with van der Waals surface area (Å²) in [6.07, 6.45) is 5.93. The van der Waals surface area contributed by atoms with Gasteiger partial charge in [-0.25, -0.2) is 0 Å². The summed E-state index contributed by atoms with van der Waals surface area (Å²) in [6.45, 7) is 6.50. The van der Waals surface area contributed by atoms with E-state index in [1.807, 2.05) is 0 Å². The summed E-state index contributed by atoms with van der Waals surface area (Å²) >= 11 is 0. The molecule has 0 radical (unpaired) electrons. The van der Waals surface area contributed by atoms with Gasteiger partial charge in [-0.05, 0) is 43.1 Å². The maximum absolute atomic E-state index is 5.76. The smallest absolute Gasteiger partial charge is 0.0213 e. The molecule has 2 aliphatic rings. The van der Waals surface area contributed by atoms with Crippen molar-refractivity contribution in [2.45, 2.75) is 45.6 Å². The van der Waals surface area contributed by atoms with E-state index in [1.165, 1.54) is 32.2 Å². The zero-order valence-electron chi connectivity index (χ0n) is 10.2. The third-order valence-corrected chi connectivity index (χ3v) is 4.51. The Morgan fingerprint density at radius 1 is 1.20 bits per heavy atom. The monoisotopic (exact) mass is 210 g/mol. The van der Waals surface area contributed by atoms with Crippen molar-refractivity contribution < 1.29 is 0 Å². The highest BCUT2D eigenvalue weighted by Gasteiger charge is 2.49. The quantitative estimate of drug-likeness (QED) is 0.728. The third-order valence-electron chi connectivity index (χ3n) is 4.51. The standard InChI is InChI=1S/C13H26N2/c1-9(2)13(7-14)15-8-12-10-5-3-4-6-11(10)12/h9-13,15H,3-8,14H2,1-2H3. The first-order valence-corrected chi connectivity index (χ1v) is 6.67. The highest BCUT2D eigenvalue weighted by Crippen LogP contribution is 2.54. The van der Waals surface area contributed by atoms with E-state index in [4.69, 9.17) is 5.73 Å². The van der Waals surface area contributed by atoms with E-state index in [-0.39, 0.29) is 0 Å². The number of nitrogens with one attached hydrogen (secondary N) is 1. The molecule has 2 nitrogen and oxygen atoms in total. The van der Waals surface area contributed by atoms with Crippen LogP contribution in [0.5, 0.6) is 0 Å². The van der Waals surface area contributed by atoms with Crippen molar-refractivity contribution in [3.63, 3.8) is 0 Å². The van der Waals surface area contributed by atoms with Crippen molar-refractivity contribution in [3.8, 4) is 0 Å². The molecule has 0 aliphatic heterocycles. The Balaban J connectivity index is 1.70. The van der Waals surface area contributed by atoms with Crippen LogP contribution >= 0.6 is 0 Å². The van der Waals surface area contributed by atoms with Gasteiger partial charge in [0.05, 0.1) is 0 Å². The van der Waals surface area contributed by atoms with Crippen LogP contribution in [0.4, 0.5) is 0 Å². The molecule has 0 heterocycles. The lowest BCUT2D eigenvalue weighted by atomic mass is 10.0. The molecule has 2 rings (SSSR count). The SMILES string of the molecule is CC(C)C(CN)NCC1C2CCCCC21. The van der Waals surface area contributed by atoms with E-state index in [2.05, 4.69) is 19.2 Å². The average Bonchev–Trinajstić information content (AvgIpc) is 2.92. The highest BCUT2D eigenvalue weighted by atomic mass is 15.0. The third kappa shape index (κ3) is 2.54. The topological polar surface area (TPSA) is 38.0 Å². The van der Waals surface area contributed by atoms with Gasteiger partial charge in [0.2, 0.25) is 0 Å². The molecule has 3 unspecified atom stereocenters. The van der Waals surface area contributed by atoms with Crippen LogP contribution in [0.1, 0.15) is 39.5 Å². The Labute approximate surface area is 94.0 Å². The van der Waals surface area contributed by atoms with Crippen LogP contribution < -0.4 is 11.1 Å². The van der Waals surface area contributed by atoms with Gasteiger partial charge >= 0.3 is 0 Å². The van der Waals surface area contributed by atoms with Crippen LogP contribution in [0.15, 0.2) is 0 Å². The second-order valence-electron chi connectivity index (χ2n) is 5.77. The maximum atomic E-state index is 5.76. The van der Waals surface area contributed by atoms with Gasteiger partial charge in [0.1, 0.15) is 0 Å². The molecule has 2 aliphatic carbocycles. The second kappa shape index (κ2) is 4.84. The molecule has 3 N–H and O–H groups in total. The van der Waals surface area contributed by atoms with E-state index >= 15 is 0 Å². The zero-order valence-corrected chi connectivity index (χ0v) is 10.2. The molecule has 0 aromatic carbocycles. The predicted octanol–water partition coefficient (Wildman–Crippen LogP) is 2.00. The van der Waals surface area contributed by atoms with Crippen LogP contribution in [0.25, 0.3) is 0 Å². The molecular formula is C13H26N2. The van der Waals surface area contributed by atoms with Crippen LogP contribution in [-0.4, -0.2) is 19.1 Å². The summed E-state index contributed by atoms with van der Waals surface area (Å²) in [4.78, 5) is 0. The van der Waals surface area contributed by atoms with Crippen molar-refractivity contribution in [2.24, 2.45) is 29.4 Å². The Morgan fingerprint density at radius 2 is 1.80 bits per heavy atom. The van der Waals surface area contributed by atoms with Crippen molar-refractivity contribution in [1.82, 2.24) is 5.32 Å². The number of fused-ring (bicyclic) bond motifs is 1. The molecule has 0 bridgehead atoms. The number of hydrogen-bond acceptors (Lipinski definition) is 2. The van der Waals surface area contributed by atoms with Crippen molar-refractivity contribution >= 4 is 0 Å². The molecule has 0 amide bonds. The van der Waals surface area contributed by atoms with Gasteiger partial charge < -0.3 is 11.1 Å². The lowest BCUT2D eigenvalue weighted by Crippen LogP contribution is -2.41. The van der Waals surface area contributed by atoms with E-state index < -0.39 is 0 Å². The Kier molecular flexibility index (Phi) is 3.68. The Morgan fingerprint density at radius 3 is 2.27 bits per heavy atom. The molecule has 0 spiro atoms. The predicted molar refractivity (Wildman–Crippen MR) is 64.6 cm³/mol. The van der Waals surface area contributed by atoms with Gasteiger partial charge in [-0.1, -0.05) is 26.7 Å². The molecule has 88 valence electrons. The fourth-order valence-corrected chi connectivity index (χ4v) is 3.32. The van der Waals surface area contributed by atoms with Crippen LogP contribution in [0.3, 0.4) is 0 Å². The van der Waals surface area contributed by atoms with Crippen LogP contribution in [-0.2, 0) is 0 Å². The number of rotatable bonds is 5. The first-order valence-electron chi connectivity index (χ1n) is 6.67. The van der Waals surface area contributed by atoms with Crippen LogP contribution in [0, 0.1) is 23.7 Å². The molecule has 0 aromatic rings. The molecule has 15 heavy (non-hydrogen) atoms. The molecular weight excluding hydrogens is 184 g/mol. The van der Waals surface area contributed by atoms with Gasteiger partial charge in [0.15, 0.2) is 0 Å². The van der Waals surface area contributed by atoms with E-state index in [0.29, 0.717) is 12.0 Å². The molecule has 0 aromatic heterocycles. The first-order chi connectivity index (χ1) is 7.24. The number of nitrogens with two attached hydrogens (primary N) is 1. The summed E-state index contributed by atoms with van der Waals surface area (Å²) in [5, 5.41) is 3.66. The van der Waals surface area contributed by atoms with Gasteiger partial charge in [-0.2, -0.15) is 0 Å². The van der Waals surface area contributed by atoms with E-state index in [1.54, 1.807) is 0 Å². The van der Waals surface area contributed by atoms with E-state index in [0.717, 1.165) is 24.3 Å². The number of hydrogen-bond donors (Lipinski definition) is 2. The molecule has 2 heteroatoms. The maximum Gasteiger partial charge on any atom is 0.0213 e. The largest absolute Gasteiger partial charge is 0.329 e. The summed E-state index contributed by atoms with van der Waals surface area (Å²) in [6, 6.07) is 0.521. The summed E-state index contributed by atoms with van der Waals surface area (Å²) in [7, 11) is 0. The molecule has 2 fully saturated rings. The van der Waals surface area contributed by atoms with Crippen molar-refractivity contribution in [2.75, 3.05) is 13.1 Å². The van der Waals surface area contributed by atoms with Crippen LogP contribution in [0.2, 0.25) is 0 Å². The normalized spacial score (nSPS) is 36.4. The first kappa shape index (κ1) is 11.4. The summed E-state index contributed by atoms with van der Waals surface area (Å²) in [5.41, 5.74) is 5.76. The Bertz CT molecular complexity index is 191. The molecule has 3 atom stereocenters. The fraction of sp³-hybridized carbons (Fsp3) is 1.00. The zero-order chi connectivity index (χ0) is 10.8. The van der Waals surface area contributed by atoms with Crippen molar-refractivity contribution in [1.29, 1.82) is 0 Å². The lowest BCUT2D eigenvalue weighted by Gasteiger charge is -2.20.